The number of ether oxygens (including phenoxy) is 1. The van der Waals surface area contributed by atoms with E-state index >= 15 is 0 Å². The van der Waals surface area contributed by atoms with E-state index in [1.807, 2.05) is 30.3 Å². The van der Waals surface area contributed by atoms with Gasteiger partial charge in [0.1, 0.15) is 18.1 Å². The number of benzene rings is 1. The molecule has 4 heteroatoms. The number of rotatable bonds is 11. The van der Waals surface area contributed by atoms with E-state index in [1.54, 1.807) is 12.1 Å². The van der Waals surface area contributed by atoms with E-state index < -0.39 is 0 Å². The number of hydrogen-bond acceptors (Lipinski definition) is 3. The van der Waals surface area contributed by atoms with Crippen molar-refractivity contribution in [3.05, 3.63) is 66.1 Å². The van der Waals surface area contributed by atoms with Crippen LogP contribution in [0.3, 0.4) is 0 Å². The SMILES string of the molecule is C=CCc1ccccc1OCc1ccc(C(=O)NCCCCCC)o1. The summed E-state index contributed by atoms with van der Waals surface area (Å²) in [6.45, 7) is 6.90. The molecule has 1 aromatic heterocycles. The van der Waals surface area contributed by atoms with Gasteiger partial charge >= 0.3 is 0 Å². The first-order valence-corrected chi connectivity index (χ1v) is 8.93. The normalized spacial score (nSPS) is 10.4. The van der Waals surface area contributed by atoms with Gasteiger partial charge in [-0.1, -0.05) is 50.5 Å². The Kier molecular flexibility index (Phi) is 7.83. The highest BCUT2D eigenvalue weighted by Crippen LogP contribution is 2.20. The predicted octanol–water partition coefficient (Wildman–Crippen LogP) is 4.90. The number of carbonyl (C=O) groups excluding carboxylic acids is 1. The van der Waals surface area contributed by atoms with Crippen molar-refractivity contribution in [1.29, 1.82) is 0 Å². The van der Waals surface area contributed by atoms with E-state index in [0.29, 0.717) is 18.1 Å². The summed E-state index contributed by atoms with van der Waals surface area (Å²) < 4.78 is 11.4. The van der Waals surface area contributed by atoms with Crippen LogP contribution in [0.4, 0.5) is 0 Å². The van der Waals surface area contributed by atoms with Gasteiger partial charge in [0.2, 0.25) is 0 Å². The van der Waals surface area contributed by atoms with Gasteiger partial charge in [-0.2, -0.15) is 0 Å². The van der Waals surface area contributed by atoms with E-state index in [-0.39, 0.29) is 12.5 Å². The van der Waals surface area contributed by atoms with Gasteiger partial charge < -0.3 is 14.5 Å². The van der Waals surface area contributed by atoms with Crippen molar-refractivity contribution < 1.29 is 13.9 Å². The standard InChI is InChI=1S/C21H27NO3/c1-3-5-6-9-15-22-21(23)20-14-13-18(25-20)16-24-19-12-8-7-11-17(19)10-4-2/h4,7-8,11-14H,2-3,5-6,9-10,15-16H2,1H3,(H,22,23). The van der Waals surface area contributed by atoms with Crippen LogP contribution in [0, 0.1) is 0 Å². The lowest BCUT2D eigenvalue weighted by atomic mass is 10.1. The summed E-state index contributed by atoms with van der Waals surface area (Å²) in [6, 6.07) is 11.3. The maximum absolute atomic E-state index is 12.0. The monoisotopic (exact) mass is 341 g/mol. The Morgan fingerprint density at radius 2 is 2.04 bits per heavy atom. The van der Waals surface area contributed by atoms with Crippen LogP contribution in [0.25, 0.3) is 0 Å². The average Bonchev–Trinajstić information content (AvgIpc) is 3.10. The maximum atomic E-state index is 12.0. The van der Waals surface area contributed by atoms with Gasteiger partial charge in [0, 0.05) is 6.54 Å². The van der Waals surface area contributed by atoms with Crippen LogP contribution in [-0.2, 0) is 13.0 Å². The molecule has 0 saturated heterocycles. The molecule has 0 unspecified atom stereocenters. The Morgan fingerprint density at radius 1 is 1.20 bits per heavy atom. The lowest BCUT2D eigenvalue weighted by molar-refractivity contribution is 0.0921. The van der Waals surface area contributed by atoms with Crippen molar-refractivity contribution in [2.45, 2.75) is 45.6 Å². The molecule has 0 aliphatic rings. The first-order chi connectivity index (χ1) is 12.2. The highest BCUT2D eigenvalue weighted by Gasteiger charge is 2.11. The molecule has 2 aromatic rings. The second kappa shape index (κ2) is 10.4. The third-order valence-corrected chi connectivity index (χ3v) is 3.91. The molecule has 0 fully saturated rings. The van der Waals surface area contributed by atoms with Crippen molar-refractivity contribution in [3.8, 4) is 5.75 Å². The number of carbonyl (C=O) groups is 1. The number of unbranched alkanes of at least 4 members (excludes halogenated alkanes) is 3. The van der Waals surface area contributed by atoms with Gasteiger partial charge in [-0.05, 0) is 36.6 Å². The Hall–Kier alpha value is -2.49. The number of hydrogen-bond donors (Lipinski definition) is 1. The molecule has 4 nitrogen and oxygen atoms in total. The molecule has 1 N–H and O–H groups in total. The van der Waals surface area contributed by atoms with Gasteiger partial charge in [-0.3, -0.25) is 4.79 Å². The Labute approximate surface area is 149 Å². The summed E-state index contributed by atoms with van der Waals surface area (Å²) in [6.07, 6.45) is 7.11. The molecular weight excluding hydrogens is 314 g/mol. The van der Waals surface area contributed by atoms with Crippen LogP contribution in [0.15, 0.2) is 53.5 Å². The second-order valence-corrected chi connectivity index (χ2v) is 5.97. The number of nitrogens with one attached hydrogen (secondary N) is 1. The number of amides is 1. The minimum absolute atomic E-state index is 0.171. The summed E-state index contributed by atoms with van der Waals surface area (Å²) in [5, 5.41) is 2.89. The van der Waals surface area contributed by atoms with Crippen LogP contribution in [0.1, 0.15) is 54.5 Å². The van der Waals surface area contributed by atoms with E-state index in [2.05, 4.69) is 18.8 Å². The zero-order valence-corrected chi connectivity index (χ0v) is 14.9. The minimum Gasteiger partial charge on any atom is -0.485 e. The average molecular weight is 341 g/mol. The molecule has 1 aromatic carbocycles. The molecule has 1 amide bonds. The molecular formula is C21H27NO3. The topological polar surface area (TPSA) is 51.5 Å². The van der Waals surface area contributed by atoms with Crippen LogP contribution < -0.4 is 10.1 Å². The molecule has 0 saturated carbocycles. The number of furan rings is 1. The van der Waals surface area contributed by atoms with Gasteiger partial charge in [0.15, 0.2) is 5.76 Å². The molecule has 25 heavy (non-hydrogen) atoms. The first kappa shape index (κ1) is 18.8. The van der Waals surface area contributed by atoms with E-state index in [9.17, 15) is 4.79 Å². The fourth-order valence-electron chi connectivity index (χ4n) is 2.54. The smallest absolute Gasteiger partial charge is 0.286 e. The van der Waals surface area contributed by atoms with Gasteiger partial charge in [-0.25, -0.2) is 0 Å². The van der Waals surface area contributed by atoms with E-state index in [1.165, 1.54) is 12.8 Å². The molecule has 0 radical (unpaired) electrons. The molecule has 2 rings (SSSR count). The van der Waals surface area contributed by atoms with E-state index in [4.69, 9.17) is 9.15 Å². The van der Waals surface area contributed by atoms with Crippen LogP contribution >= 0.6 is 0 Å². The number of allylic oxidation sites excluding steroid dienone is 1. The quantitative estimate of drug-likeness (QED) is 0.467. The zero-order chi connectivity index (χ0) is 17.9. The van der Waals surface area contributed by atoms with Crippen molar-refractivity contribution in [1.82, 2.24) is 5.32 Å². The summed E-state index contributed by atoms with van der Waals surface area (Å²) in [4.78, 5) is 12.0. The van der Waals surface area contributed by atoms with Gasteiger partial charge in [0.25, 0.3) is 5.91 Å². The van der Waals surface area contributed by atoms with Crippen LogP contribution in [-0.4, -0.2) is 12.5 Å². The third kappa shape index (κ3) is 6.14. The Bertz CT molecular complexity index is 675. The number of para-hydroxylation sites is 1. The van der Waals surface area contributed by atoms with Crippen LogP contribution in [0.2, 0.25) is 0 Å². The molecule has 134 valence electrons. The fraction of sp³-hybridized carbons (Fsp3) is 0.381. The molecule has 0 aliphatic heterocycles. The minimum atomic E-state index is -0.171. The molecule has 1 heterocycles. The third-order valence-electron chi connectivity index (χ3n) is 3.91. The van der Waals surface area contributed by atoms with Crippen molar-refractivity contribution in [2.75, 3.05) is 6.54 Å². The molecule has 0 bridgehead atoms. The molecule has 0 atom stereocenters. The Morgan fingerprint density at radius 3 is 2.84 bits per heavy atom. The first-order valence-electron chi connectivity index (χ1n) is 8.93. The van der Waals surface area contributed by atoms with Crippen molar-refractivity contribution >= 4 is 5.91 Å². The maximum Gasteiger partial charge on any atom is 0.286 e. The van der Waals surface area contributed by atoms with Crippen molar-refractivity contribution in [2.24, 2.45) is 0 Å². The summed E-state index contributed by atoms with van der Waals surface area (Å²) in [5.41, 5.74) is 1.08. The summed E-state index contributed by atoms with van der Waals surface area (Å²) in [5.74, 6) is 1.59. The summed E-state index contributed by atoms with van der Waals surface area (Å²) >= 11 is 0. The lowest BCUT2D eigenvalue weighted by Gasteiger charge is -2.09. The highest BCUT2D eigenvalue weighted by molar-refractivity contribution is 5.91. The molecule has 0 aliphatic carbocycles. The second-order valence-electron chi connectivity index (χ2n) is 5.97. The predicted molar refractivity (Wildman–Crippen MR) is 99.9 cm³/mol. The van der Waals surface area contributed by atoms with Gasteiger partial charge in [0.05, 0.1) is 0 Å². The van der Waals surface area contributed by atoms with Crippen LogP contribution in [0.5, 0.6) is 5.75 Å². The lowest BCUT2D eigenvalue weighted by Crippen LogP contribution is -2.23. The van der Waals surface area contributed by atoms with E-state index in [0.717, 1.165) is 30.6 Å². The van der Waals surface area contributed by atoms with Gasteiger partial charge in [-0.15, -0.1) is 6.58 Å². The van der Waals surface area contributed by atoms with Crippen molar-refractivity contribution in [3.63, 3.8) is 0 Å². The Balaban J connectivity index is 1.83. The zero-order valence-electron chi connectivity index (χ0n) is 14.9. The fourth-order valence-corrected chi connectivity index (χ4v) is 2.54. The largest absolute Gasteiger partial charge is 0.485 e. The molecule has 0 spiro atoms. The highest BCUT2D eigenvalue weighted by atomic mass is 16.5. The summed E-state index contributed by atoms with van der Waals surface area (Å²) in [7, 11) is 0.